The van der Waals surface area contributed by atoms with Gasteiger partial charge in [-0.05, 0) is 29.1 Å². The van der Waals surface area contributed by atoms with E-state index in [2.05, 4.69) is 111 Å². The average Bonchev–Trinajstić information content (AvgIpc) is 3.80. The van der Waals surface area contributed by atoms with Crippen molar-refractivity contribution < 1.29 is 25.8 Å². The summed E-state index contributed by atoms with van der Waals surface area (Å²) in [7, 11) is 0. The van der Waals surface area contributed by atoms with Gasteiger partial charge in [0.25, 0.3) is 0 Å². The Labute approximate surface area is 289 Å². The Morgan fingerprint density at radius 1 is 0.542 bits per heavy atom. The minimum absolute atomic E-state index is 0. The van der Waals surface area contributed by atoms with Gasteiger partial charge >= 0.3 is 21.1 Å². The molecule has 0 bridgehead atoms. The second kappa shape index (κ2) is 11.1. The van der Waals surface area contributed by atoms with E-state index in [9.17, 15) is 0 Å². The van der Waals surface area contributed by atoms with Gasteiger partial charge in [0.1, 0.15) is 0 Å². The van der Waals surface area contributed by atoms with Gasteiger partial charge in [0, 0.05) is 41.2 Å². The Morgan fingerprint density at radius 2 is 1.21 bits per heavy atom. The van der Waals surface area contributed by atoms with Crippen LogP contribution in [-0.4, -0.2) is 23.8 Å². The third-order valence-corrected chi connectivity index (χ3v) is 8.85. The van der Waals surface area contributed by atoms with Crippen LogP contribution in [0, 0.1) is 12.1 Å². The largest absolute Gasteiger partial charge is 2.00 e. The van der Waals surface area contributed by atoms with Crippen LogP contribution in [0.4, 0.5) is 0 Å². The zero-order chi connectivity index (χ0) is 30.9. The van der Waals surface area contributed by atoms with Crippen molar-refractivity contribution in [3.8, 4) is 34.0 Å². The standard InChI is InChI=1S/C41H23N5O.Pt/c1-3-10-26(11-4-1)37-39(27-12-5-2-6-13-27)46-35-15-8-7-14-31(35)30-19-17-28(24-33(30)41(46)44-37)47-29-18-20-32-34(25-29)40-43-22-23-45(40)36-16-9-21-42-38(32)36;/h1-23H;/q-2;+2. The molecule has 5 aromatic carbocycles. The number of benzene rings is 5. The molecule has 48 heavy (non-hydrogen) atoms. The van der Waals surface area contributed by atoms with Crippen molar-refractivity contribution in [2.75, 3.05) is 0 Å². The van der Waals surface area contributed by atoms with Crippen LogP contribution in [-0.2, 0) is 21.1 Å². The molecular formula is C41H23N5OPt. The first-order chi connectivity index (χ1) is 23.3. The Bertz CT molecular complexity index is 2830. The molecule has 0 fully saturated rings. The third kappa shape index (κ3) is 4.26. The van der Waals surface area contributed by atoms with E-state index in [0.717, 1.165) is 77.3 Å². The van der Waals surface area contributed by atoms with Crippen LogP contribution in [0.1, 0.15) is 0 Å². The first kappa shape index (κ1) is 28.4. The molecule has 0 atom stereocenters. The van der Waals surface area contributed by atoms with E-state index < -0.39 is 0 Å². The monoisotopic (exact) mass is 796 g/mol. The predicted octanol–water partition coefficient (Wildman–Crippen LogP) is 9.71. The van der Waals surface area contributed by atoms with E-state index in [-0.39, 0.29) is 21.1 Å². The zero-order valence-corrected chi connectivity index (χ0v) is 27.5. The van der Waals surface area contributed by atoms with E-state index in [4.69, 9.17) is 9.72 Å². The first-order valence-electron chi connectivity index (χ1n) is 15.5. The van der Waals surface area contributed by atoms with E-state index in [1.807, 2.05) is 53.2 Å². The normalized spacial score (nSPS) is 11.6. The Kier molecular flexibility index (Phi) is 6.59. The predicted molar refractivity (Wildman–Crippen MR) is 187 cm³/mol. The number of ether oxygens (including phenoxy) is 1. The number of para-hydroxylation sites is 1. The summed E-state index contributed by atoms with van der Waals surface area (Å²) in [6, 6.07) is 48.4. The summed E-state index contributed by atoms with van der Waals surface area (Å²) in [5, 5.41) is 4.88. The maximum atomic E-state index is 6.49. The van der Waals surface area contributed by atoms with Crippen LogP contribution < -0.4 is 4.74 Å². The fourth-order valence-electron chi connectivity index (χ4n) is 6.82. The van der Waals surface area contributed by atoms with E-state index in [1.165, 1.54) is 0 Å². The summed E-state index contributed by atoms with van der Waals surface area (Å²) >= 11 is 0. The van der Waals surface area contributed by atoms with Crippen LogP contribution in [0.3, 0.4) is 0 Å². The van der Waals surface area contributed by atoms with Crippen molar-refractivity contribution in [1.82, 2.24) is 23.8 Å². The van der Waals surface area contributed by atoms with Crippen molar-refractivity contribution in [2.24, 2.45) is 0 Å². The quantitative estimate of drug-likeness (QED) is 0.132. The van der Waals surface area contributed by atoms with Crippen molar-refractivity contribution in [1.29, 1.82) is 0 Å². The average molecular weight is 797 g/mol. The second-order valence-electron chi connectivity index (χ2n) is 11.5. The van der Waals surface area contributed by atoms with Gasteiger partial charge in [0.15, 0.2) is 0 Å². The molecule has 7 heteroatoms. The van der Waals surface area contributed by atoms with Gasteiger partial charge in [0.05, 0.1) is 33.7 Å². The minimum Gasteiger partial charge on any atom is -0.497 e. The van der Waals surface area contributed by atoms with E-state index in [1.54, 1.807) is 6.20 Å². The summed E-state index contributed by atoms with van der Waals surface area (Å²) in [6.45, 7) is 0. The van der Waals surface area contributed by atoms with E-state index >= 15 is 0 Å². The number of nitrogens with zero attached hydrogens (tertiary/aromatic N) is 5. The van der Waals surface area contributed by atoms with Gasteiger partial charge < -0.3 is 13.5 Å². The summed E-state index contributed by atoms with van der Waals surface area (Å²) in [6.07, 6.45) is 5.56. The molecule has 5 heterocycles. The molecule has 0 saturated carbocycles. The molecule has 0 saturated heterocycles. The smallest absolute Gasteiger partial charge is 0.497 e. The first-order valence-corrected chi connectivity index (χ1v) is 15.5. The van der Waals surface area contributed by atoms with Crippen LogP contribution in [0.15, 0.2) is 140 Å². The molecule has 0 aliphatic heterocycles. The van der Waals surface area contributed by atoms with Crippen molar-refractivity contribution in [2.45, 2.75) is 0 Å². The molecule has 0 spiro atoms. The maximum absolute atomic E-state index is 6.49. The Balaban J connectivity index is 0.00000314. The van der Waals surface area contributed by atoms with Crippen LogP contribution in [0.2, 0.25) is 0 Å². The van der Waals surface area contributed by atoms with Crippen molar-refractivity contribution >= 4 is 54.8 Å². The number of imidazole rings is 2. The molecule has 0 amide bonds. The van der Waals surface area contributed by atoms with Crippen LogP contribution in [0.25, 0.3) is 77.3 Å². The number of hydrogen-bond donors (Lipinski definition) is 0. The SMILES string of the molecule is [Pt+2].[c-]1c(Oc2[c-]c3c(cc2)c2ccccc2n2c(-c4ccccc4)c(-c4ccccc4)nc32)ccc2c1c1nccn1c1cccnc21. The van der Waals surface area contributed by atoms with Crippen molar-refractivity contribution in [3.63, 3.8) is 0 Å². The Hall–Kier alpha value is -5.84. The molecule has 228 valence electrons. The third-order valence-electron chi connectivity index (χ3n) is 8.85. The Morgan fingerprint density at radius 3 is 2.00 bits per heavy atom. The molecule has 0 aliphatic rings. The molecule has 10 rings (SSSR count). The zero-order valence-electron chi connectivity index (χ0n) is 25.2. The van der Waals surface area contributed by atoms with Gasteiger partial charge in [-0.1, -0.05) is 125 Å². The number of hydrogen-bond acceptors (Lipinski definition) is 4. The number of aromatic nitrogens is 5. The van der Waals surface area contributed by atoms with Gasteiger partial charge in [-0.3, -0.25) is 15.0 Å². The minimum atomic E-state index is 0. The molecule has 5 aromatic heterocycles. The van der Waals surface area contributed by atoms with Crippen molar-refractivity contribution in [3.05, 3.63) is 152 Å². The van der Waals surface area contributed by atoms with Gasteiger partial charge in [-0.25, -0.2) is 0 Å². The number of fused-ring (bicyclic) bond motifs is 12. The fraction of sp³-hybridized carbons (Fsp3) is 0. The van der Waals surface area contributed by atoms with Gasteiger partial charge in [0.2, 0.25) is 0 Å². The van der Waals surface area contributed by atoms with Gasteiger partial charge in [-0.15, -0.1) is 12.1 Å². The summed E-state index contributed by atoms with van der Waals surface area (Å²) in [5.41, 5.74) is 8.70. The summed E-state index contributed by atoms with van der Waals surface area (Å²) in [4.78, 5) is 14.6. The topological polar surface area (TPSA) is 56.7 Å². The molecule has 0 aliphatic carbocycles. The summed E-state index contributed by atoms with van der Waals surface area (Å²) in [5.74, 6) is 1.15. The number of rotatable bonds is 4. The second-order valence-corrected chi connectivity index (χ2v) is 11.5. The fourth-order valence-corrected chi connectivity index (χ4v) is 6.82. The van der Waals surface area contributed by atoms with E-state index in [0.29, 0.717) is 11.5 Å². The maximum Gasteiger partial charge on any atom is 2.00 e. The van der Waals surface area contributed by atoms with Crippen LogP contribution in [0.5, 0.6) is 11.5 Å². The summed E-state index contributed by atoms with van der Waals surface area (Å²) < 4.78 is 10.8. The molecule has 10 aromatic rings. The van der Waals surface area contributed by atoms with Crippen LogP contribution >= 0.6 is 0 Å². The molecule has 0 unspecified atom stereocenters. The van der Waals surface area contributed by atoms with Gasteiger partial charge in [-0.2, -0.15) is 0 Å². The molecular weight excluding hydrogens is 774 g/mol. The molecule has 0 radical (unpaired) electrons. The molecule has 0 N–H and O–H groups in total. The number of pyridine rings is 3. The molecule has 6 nitrogen and oxygen atoms in total.